The molecule has 0 fully saturated rings. The van der Waals surface area contributed by atoms with Gasteiger partial charge in [-0.1, -0.05) is 6.07 Å². The molecule has 1 heterocycles. The van der Waals surface area contributed by atoms with Crippen LogP contribution in [0, 0.1) is 0 Å². The summed E-state index contributed by atoms with van der Waals surface area (Å²) in [6.07, 6.45) is -0.959. The molecule has 0 aromatic heterocycles. The van der Waals surface area contributed by atoms with Gasteiger partial charge in [0.2, 0.25) is 6.79 Å². The van der Waals surface area contributed by atoms with E-state index < -0.39 is 12.1 Å². The Morgan fingerprint density at radius 3 is 2.94 bits per heavy atom. The van der Waals surface area contributed by atoms with Crippen LogP contribution in [0.5, 0.6) is 11.5 Å². The molecular weight excluding hydrogens is 212 g/mol. The number of benzene rings is 1. The second-order valence-corrected chi connectivity index (χ2v) is 3.29. The fraction of sp³-hybridized carbons (Fsp3) is 0.364. The summed E-state index contributed by atoms with van der Waals surface area (Å²) in [6, 6.07) is 4.99. The first-order valence-electron chi connectivity index (χ1n) is 4.96. The molecule has 1 aromatic rings. The molecule has 5 heteroatoms. The summed E-state index contributed by atoms with van der Waals surface area (Å²) < 4.78 is 15.5. The maximum absolute atomic E-state index is 11.0. The molecule has 0 saturated carbocycles. The van der Waals surface area contributed by atoms with Crippen molar-refractivity contribution in [3.05, 3.63) is 23.8 Å². The lowest BCUT2D eigenvalue weighted by Gasteiger charge is -2.12. The first kappa shape index (κ1) is 10.8. The lowest BCUT2D eigenvalue weighted by atomic mass is 10.1. The van der Waals surface area contributed by atoms with Crippen LogP contribution in [0.15, 0.2) is 18.2 Å². The number of rotatable bonds is 4. The van der Waals surface area contributed by atoms with Crippen molar-refractivity contribution in [3.63, 3.8) is 0 Å². The molecule has 0 aliphatic carbocycles. The SMILES string of the molecule is CCOC(C(=O)O)c1ccc2c(c1)OCO2. The van der Waals surface area contributed by atoms with Crippen molar-refractivity contribution < 1.29 is 24.1 Å². The summed E-state index contributed by atoms with van der Waals surface area (Å²) in [5, 5.41) is 9.01. The molecule has 0 bridgehead atoms. The molecular formula is C11H12O5. The van der Waals surface area contributed by atoms with Crippen molar-refractivity contribution in [1.29, 1.82) is 0 Å². The van der Waals surface area contributed by atoms with E-state index in [-0.39, 0.29) is 6.79 Å². The Labute approximate surface area is 92.5 Å². The van der Waals surface area contributed by atoms with Crippen molar-refractivity contribution in [3.8, 4) is 11.5 Å². The quantitative estimate of drug-likeness (QED) is 0.841. The van der Waals surface area contributed by atoms with E-state index in [0.717, 1.165) is 0 Å². The maximum atomic E-state index is 11.0. The van der Waals surface area contributed by atoms with Gasteiger partial charge in [-0.05, 0) is 24.6 Å². The zero-order valence-electron chi connectivity index (χ0n) is 8.80. The summed E-state index contributed by atoms with van der Waals surface area (Å²) in [4.78, 5) is 11.0. The predicted molar refractivity (Wildman–Crippen MR) is 54.6 cm³/mol. The first-order chi connectivity index (χ1) is 7.72. The molecule has 1 N–H and O–H groups in total. The van der Waals surface area contributed by atoms with Crippen LogP contribution in [0.1, 0.15) is 18.6 Å². The van der Waals surface area contributed by atoms with Gasteiger partial charge in [0.1, 0.15) is 0 Å². The highest BCUT2D eigenvalue weighted by atomic mass is 16.7. The summed E-state index contributed by atoms with van der Waals surface area (Å²) in [6.45, 7) is 2.26. The number of carbonyl (C=O) groups is 1. The van der Waals surface area contributed by atoms with Crippen molar-refractivity contribution >= 4 is 5.97 Å². The molecule has 1 atom stereocenters. The smallest absolute Gasteiger partial charge is 0.337 e. The number of fused-ring (bicyclic) bond motifs is 1. The minimum atomic E-state index is -1.01. The van der Waals surface area contributed by atoms with Crippen LogP contribution in [-0.4, -0.2) is 24.5 Å². The molecule has 1 aliphatic rings. The fourth-order valence-electron chi connectivity index (χ4n) is 1.55. The predicted octanol–water partition coefficient (Wildman–Crippen LogP) is 1.58. The molecule has 16 heavy (non-hydrogen) atoms. The number of ether oxygens (including phenoxy) is 3. The largest absolute Gasteiger partial charge is 0.479 e. The van der Waals surface area contributed by atoms with Crippen LogP contribution < -0.4 is 9.47 Å². The second-order valence-electron chi connectivity index (χ2n) is 3.29. The van der Waals surface area contributed by atoms with Crippen LogP contribution in [0.25, 0.3) is 0 Å². The van der Waals surface area contributed by atoms with Gasteiger partial charge < -0.3 is 19.3 Å². The van der Waals surface area contributed by atoms with Gasteiger partial charge in [-0.2, -0.15) is 0 Å². The Balaban J connectivity index is 2.28. The highest BCUT2D eigenvalue weighted by Crippen LogP contribution is 2.34. The van der Waals surface area contributed by atoms with Gasteiger partial charge in [0, 0.05) is 6.61 Å². The van der Waals surface area contributed by atoms with Crippen LogP contribution in [-0.2, 0) is 9.53 Å². The van der Waals surface area contributed by atoms with Gasteiger partial charge >= 0.3 is 5.97 Å². The van der Waals surface area contributed by atoms with E-state index in [1.807, 2.05) is 0 Å². The van der Waals surface area contributed by atoms with E-state index in [0.29, 0.717) is 23.7 Å². The Morgan fingerprint density at radius 1 is 1.50 bits per heavy atom. The fourth-order valence-corrected chi connectivity index (χ4v) is 1.55. The third-order valence-corrected chi connectivity index (χ3v) is 2.26. The van der Waals surface area contributed by atoms with Crippen LogP contribution in [0.4, 0.5) is 0 Å². The van der Waals surface area contributed by atoms with E-state index in [4.69, 9.17) is 19.3 Å². The van der Waals surface area contributed by atoms with Gasteiger partial charge in [-0.25, -0.2) is 4.79 Å². The summed E-state index contributed by atoms with van der Waals surface area (Å²) in [5.41, 5.74) is 0.554. The van der Waals surface area contributed by atoms with Gasteiger partial charge in [-0.3, -0.25) is 0 Å². The van der Waals surface area contributed by atoms with Crippen LogP contribution in [0.3, 0.4) is 0 Å². The Hall–Kier alpha value is -1.75. The molecule has 0 spiro atoms. The molecule has 0 amide bonds. The van der Waals surface area contributed by atoms with Crippen LogP contribution in [0.2, 0.25) is 0 Å². The third kappa shape index (κ3) is 1.94. The number of hydrogen-bond acceptors (Lipinski definition) is 4. The molecule has 86 valence electrons. The third-order valence-electron chi connectivity index (χ3n) is 2.26. The van der Waals surface area contributed by atoms with Gasteiger partial charge in [0.05, 0.1) is 0 Å². The molecule has 5 nitrogen and oxygen atoms in total. The number of carboxylic acids is 1. The number of aliphatic carboxylic acids is 1. The van der Waals surface area contributed by atoms with E-state index >= 15 is 0 Å². The highest BCUT2D eigenvalue weighted by molar-refractivity contribution is 5.74. The van der Waals surface area contributed by atoms with Crippen molar-refractivity contribution in [1.82, 2.24) is 0 Å². The molecule has 1 aromatic carbocycles. The monoisotopic (exact) mass is 224 g/mol. The van der Waals surface area contributed by atoms with Crippen molar-refractivity contribution in [2.45, 2.75) is 13.0 Å². The van der Waals surface area contributed by atoms with Gasteiger partial charge in [0.25, 0.3) is 0 Å². The second kappa shape index (κ2) is 4.40. The van der Waals surface area contributed by atoms with Gasteiger partial charge in [0.15, 0.2) is 17.6 Å². The highest BCUT2D eigenvalue weighted by Gasteiger charge is 2.23. The average Bonchev–Trinajstić information content (AvgIpc) is 2.72. The Morgan fingerprint density at radius 2 is 2.25 bits per heavy atom. The average molecular weight is 224 g/mol. The zero-order chi connectivity index (χ0) is 11.5. The van der Waals surface area contributed by atoms with Crippen LogP contribution >= 0.6 is 0 Å². The van der Waals surface area contributed by atoms with Crippen molar-refractivity contribution in [2.75, 3.05) is 13.4 Å². The summed E-state index contributed by atoms with van der Waals surface area (Å²) in [5.74, 6) is 0.175. The maximum Gasteiger partial charge on any atom is 0.337 e. The topological polar surface area (TPSA) is 65.0 Å². The van der Waals surface area contributed by atoms with Crippen molar-refractivity contribution in [2.24, 2.45) is 0 Å². The number of carboxylic acid groups (broad SMARTS) is 1. The Bertz CT molecular complexity index is 401. The minimum Gasteiger partial charge on any atom is -0.479 e. The molecule has 2 rings (SSSR count). The number of hydrogen-bond donors (Lipinski definition) is 1. The normalized spacial score (nSPS) is 14.8. The molecule has 0 saturated heterocycles. The summed E-state index contributed by atoms with van der Waals surface area (Å²) >= 11 is 0. The molecule has 1 unspecified atom stereocenters. The molecule has 1 aliphatic heterocycles. The van der Waals surface area contributed by atoms with Gasteiger partial charge in [-0.15, -0.1) is 0 Å². The van der Waals surface area contributed by atoms with E-state index in [1.165, 1.54) is 0 Å². The standard InChI is InChI=1S/C11H12O5/c1-2-14-10(11(12)13)7-3-4-8-9(5-7)16-6-15-8/h3-5,10H,2,6H2,1H3,(H,12,13). The summed E-state index contributed by atoms with van der Waals surface area (Å²) in [7, 11) is 0. The lowest BCUT2D eigenvalue weighted by Crippen LogP contribution is -2.15. The molecule has 0 radical (unpaired) electrons. The van der Waals surface area contributed by atoms with E-state index in [2.05, 4.69) is 0 Å². The first-order valence-corrected chi connectivity index (χ1v) is 4.96. The Kier molecular flexibility index (Phi) is 2.96. The minimum absolute atomic E-state index is 0.172. The van der Waals surface area contributed by atoms with E-state index in [9.17, 15) is 4.79 Å². The lowest BCUT2D eigenvalue weighted by molar-refractivity contribution is -0.150. The zero-order valence-corrected chi connectivity index (χ0v) is 8.80. The van der Waals surface area contributed by atoms with E-state index in [1.54, 1.807) is 25.1 Å².